The van der Waals surface area contributed by atoms with Gasteiger partial charge in [-0.2, -0.15) is 0 Å². The first-order valence-corrected chi connectivity index (χ1v) is 10.0. The predicted octanol–water partition coefficient (Wildman–Crippen LogP) is 6.43. The van der Waals surface area contributed by atoms with Gasteiger partial charge in [0.2, 0.25) is 0 Å². The molecule has 0 aliphatic carbocycles. The fourth-order valence-electron chi connectivity index (χ4n) is 2.68. The number of hydrogen-bond acceptors (Lipinski definition) is 4. The van der Waals surface area contributed by atoms with Gasteiger partial charge in [-0.05, 0) is 41.1 Å². The van der Waals surface area contributed by atoms with E-state index in [0.717, 1.165) is 22.2 Å². The molecule has 0 aliphatic rings. The molecule has 4 rings (SSSR count). The Bertz CT molecular complexity index is 1160. The fraction of sp³-hybridized carbons (Fsp3) is 0.0476. The van der Waals surface area contributed by atoms with E-state index in [1.807, 2.05) is 41.8 Å². The van der Waals surface area contributed by atoms with E-state index in [1.54, 1.807) is 12.1 Å². The number of anilines is 1. The number of rotatable bonds is 5. The van der Waals surface area contributed by atoms with Crippen LogP contribution in [-0.4, -0.2) is 10.9 Å². The first-order chi connectivity index (χ1) is 13.6. The maximum atomic E-state index is 12.4. The van der Waals surface area contributed by atoms with E-state index in [-0.39, 0.29) is 5.91 Å². The highest BCUT2D eigenvalue weighted by atomic mass is 35.5. The lowest BCUT2D eigenvalue weighted by Gasteiger charge is -2.06. The van der Waals surface area contributed by atoms with Gasteiger partial charge in [0.05, 0.1) is 16.3 Å². The number of nitrogens with one attached hydrogen (secondary N) is 1. The minimum atomic E-state index is -0.335. The average Bonchev–Trinajstić information content (AvgIpc) is 3.13. The molecule has 0 radical (unpaired) electrons. The Hall–Kier alpha value is -2.60. The maximum absolute atomic E-state index is 12.4. The van der Waals surface area contributed by atoms with Crippen LogP contribution in [0, 0.1) is 0 Å². The number of hydrogen-bond donors (Lipinski definition) is 1. The zero-order valence-electron chi connectivity index (χ0n) is 14.5. The molecule has 3 aromatic carbocycles. The smallest absolute Gasteiger partial charge is 0.258 e. The van der Waals surface area contributed by atoms with Gasteiger partial charge in [-0.1, -0.05) is 53.5 Å². The predicted molar refractivity (Wildman–Crippen MR) is 115 cm³/mol. The van der Waals surface area contributed by atoms with Crippen LogP contribution in [0.3, 0.4) is 0 Å². The summed E-state index contributed by atoms with van der Waals surface area (Å²) in [6, 6.07) is 18.8. The first kappa shape index (κ1) is 18.7. The van der Waals surface area contributed by atoms with Crippen LogP contribution in [0.25, 0.3) is 10.8 Å². The third-order valence-corrected chi connectivity index (χ3v) is 5.41. The van der Waals surface area contributed by atoms with Crippen LogP contribution in [0.1, 0.15) is 16.1 Å². The molecule has 0 saturated carbocycles. The van der Waals surface area contributed by atoms with Crippen LogP contribution in [0.2, 0.25) is 10.0 Å². The molecule has 0 spiro atoms. The van der Waals surface area contributed by atoms with Gasteiger partial charge < -0.3 is 4.74 Å². The Morgan fingerprint density at radius 3 is 2.68 bits per heavy atom. The highest BCUT2D eigenvalue weighted by Crippen LogP contribution is 2.24. The number of benzene rings is 3. The topological polar surface area (TPSA) is 51.2 Å². The average molecular weight is 429 g/mol. The second-order valence-electron chi connectivity index (χ2n) is 6.02. The van der Waals surface area contributed by atoms with Crippen molar-refractivity contribution in [2.24, 2.45) is 0 Å². The molecule has 0 unspecified atom stereocenters. The number of carbonyl (C=O) groups is 1. The van der Waals surface area contributed by atoms with Crippen molar-refractivity contribution >= 4 is 56.3 Å². The number of aromatic nitrogens is 1. The molecule has 0 saturated heterocycles. The van der Waals surface area contributed by atoms with Crippen molar-refractivity contribution in [2.75, 3.05) is 5.32 Å². The molecule has 0 fully saturated rings. The summed E-state index contributed by atoms with van der Waals surface area (Å²) in [5.74, 6) is 0.434. The number of thiazole rings is 1. The molecule has 1 heterocycles. The van der Waals surface area contributed by atoms with Crippen LogP contribution >= 0.6 is 34.5 Å². The molecule has 1 aromatic heterocycles. The summed E-state index contributed by atoms with van der Waals surface area (Å²) >= 11 is 13.3. The number of amides is 1. The monoisotopic (exact) mass is 428 g/mol. The summed E-state index contributed by atoms with van der Waals surface area (Å²) in [6.07, 6.45) is 0. The zero-order valence-corrected chi connectivity index (χ0v) is 16.8. The number of halogens is 2. The van der Waals surface area contributed by atoms with Crippen LogP contribution in [0.5, 0.6) is 5.75 Å². The van der Waals surface area contributed by atoms with Crippen LogP contribution in [0.4, 0.5) is 5.13 Å². The minimum Gasteiger partial charge on any atom is -0.487 e. The third-order valence-electron chi connectivity index (χ3n) is 4.06. The molecule has 4 nitrogen and oxygen atoms in total. The Balaban J connectivity index is 1.40. The molecule has 140 valence electrons. The molecule has 1 amide bonds. The van der Waals surface area contributed by atoms with Gasteiger partial charge in [-0.15, -0.1) is 11.3 Å². The molecule has 28 heavy (non-hydrogen) atoms. The van der Waals surface area contributed by atoms with E-state index in [1.165, 1.54) is 17.4 Å². The molecule has 0 bridgehead atoms. The van der Waals surface area contributed by atoms with Crippen molar-refractivity contribution in [2.45, 2.75) is 6.61 Å². The fourth-order valence-corrected chi connectivity index (χ4v) is 3.87. The minimum absolute atomic E-state index is 0.293. The van der Waals surface area contributed by atoms with E-state index in [4.69, 9.17) is 27.9 Å². The summed E-state index contributed by atoms with van der Waals surface area (Å²) in [4.78, 5) is 16.7. The zero-order chi connectivity index (χ0) is 19.5. The Morgan fingerprint density at radius 2 is 1.86 bits per heavy atom. The summed E-state index contributed by atoms with van der Waals surface area (Å²) in [6.45, 7) is 0.312. The van der Waals surface area contributed by atoms with Gasteiger partial charge in [0, 0.05) is 10.4 Å². The van der Waals surface area contributed by atoms with E-state index in [2.05, 4.69) is 16.4 Å². The molecular formula is C21H14Cl2N2O2S. The summed E-state index contributed by atoms with van der Waals surface area (Å²) in [5.41, 5.74) is 1.07. The largest absolute Gasteiger partial charge is 0.487 e. The summed E-state index contributed by atoms with van der Waals surface area (Å²) in [7, 11) is 0. The van der Waals surface area contributed by atoms with E-state index < -0.39 is 0 Å². The molecule has 0 aliphatic heterocycles. The lowest BCUT2D eigenvalue weighted by atomic mass is 10.1. The second kappa shape index (κ2) is 8.19. The highest BCUT2D eigenvalue weighted by molar-refractivity contribution is 7.14. The van der Waals surface area contributed by atoms with Crippen molar-refractivity contribution in [3.05, 3.63) is 87.3 Å². The van der Waals surface area contributed by atoms with Crippen LogP contribution in [0.15, 0.2) is 66.0 Å². The number of nitrogens with zero attached hydrogens (tertiary/aromatic N) is 1. The van der Waals surface area contributed by atoms with E-state index in [9.17, 15) is 4.79 Å². The standard InChI is InChI=1S/C21H14Cl2N2O2S/c22-15-6-8-18(19(23)10-15)20(26)25-21-24-16(12-28-21)11-27-17-7-5-13-3-1-2-4-14(13)9-17/h1-10,12H,11H2,(H,24,25,26). The molecule has 4 aromatic rings. The normalized spacial score (nSPS) is 10.8. The second-order valence-corrected chi connectivity index (χ2v) is 7.72. The van der Waals surface area contributed by atoms with E-state index in [0.29, 0.717) is 27.3 Å². The van der Waals surface area contributed by atoms with Gasteiger partial charge in [0.25, 0.3) is 5.91 Å². The van der Waals surface area contributed by atoms with E-state index >= 15 is 0 Å². The summed E-state index contributed by atoms with van der Waals surface area (Å²) < 4.78 is 5.83. The van der Waals surface area contributed by atoms with Gasteiger partial charge >= 0.3 is 0 Å². The molecule has 7 heteroatoms. The first-order valence-electron chi connectivity index (χ1n) is 8.41. The van der Waals surface area contributed by atoms with Crippen LogP contribution < -0.4 is 10.1 Å². The third kappa shape index (κ3) is 4.28. The maximum Gasteiger partial charge on any atom is 0.258 e. The molecule has 0 atom stereocenters. The lowest BCUT2D eigenvalue weighted by Crippen LogP contribution is -2.12. The number of ether oxygens (including phenoxy) is 1. The SMILES string of the molecule is O=C(Nc1nc(COc2ccc3ccccc3c2)cs1)c1ccc(Cl)cc1Cl. The summed E-state index contributed by atoms with van der Waals surface area (Å²) in [5, 5.41) is 8.12. The quantitative estimate of drug-likeness (QED) is 0.398. The van der Waals surface area contributed by atoms with Crippen molar-refractivity contribution < 1.29 is 9.53 Å². The van der Waals surface area contributed by atoms with Gasteiger partial charge in [-0.25, -0.2) is 4.98 Å². The number of fused-ring (bicyclic) bond motifs is 1. The Kier molecular flexibility index (Phi) is 5.48. The van der Waals surface area contributed by atoms with Crippen LogP contribution in [-0.2, 0) is 6.61 Å². The Morgan fingerprint density at radius 1 is 1.04 bits per heavy atom. The highest BCUT2D eigenvalue weighted by Gasteiger charge is 2.13. The van der Waals surface area contributed by atoms with Crippen molar-refractivity contribution in [1.82, 2.24) is 4.98 Å². The van der Waals surface area contributed by atoms with Crippen molar-refractivity contribution in [3.8, 4) is 5.75 Å². The molecular weight excluding hydrogens is 415 g/mol. The lowest BCUT2D eigenvalue weighted by molar-refractivity contribution is 0.102. The van der Waals surface area contributed by atoms with Crippen molar-refractivity contribution in [3.63, 3.8) is 0 Å². The molecule has 1 N–H and O–H groups in total. The Labute approximate surface area is 175 Å². The van der Waals surface area contributed by atoms with Gasteiger partial charge in [0.1, 0.15) is 12.4 Å². The van der Waals surface area contributed by atoms with Gasteiger partial charge in [-0.3, -0.25) is 10.1 Å². The number of carbonyl (C=O) groups excluding carboxylic acids is 1. The van der Waals surface area contributed by atoms with Gasteiger partial charge in [0.15, 0.2) is 5.13 Å². The van der Waals surface area contributed by atoms with Crippen molar-refractivity contribution in [1.29, 1.82) is 0 Å².